The molecule has 1 aromatic heterocycles. The van der Waals surface area contributed by atoms with E-state index in [1.54, 1.807) is 7.11 Å². The summed E-state index contributed by atoms with van der Waals surface area (Å²) in [4.78, 5) is 9.22. The molecule has 2 N–H and O–H groups in total. The first kappa shape index (κ1) is 17.2. The topological polar surface area (TPSA) is 54.6 Å². The van der Waals surface area contributed by atoms with Gasteiger partial charge in [-0.25, -0.2) is 4.98 Å². The number of rotatable bonds is 6. The van der Waals surface area contributed by atoms with Crippen LogP contribution in [0.15, 0.2) is 18.3 Å². The van der Waals surface area contributed by atoms with Crippen molar-refractivity contribution in [3.8, 4) is 0 Å². The van der Waals surface area contributed by atoms with E-state index in [0.29, 0.717) is 24.7 Å². The number of methoxy groups -OCH3 is 1. The molecule has 1 fully saturated rings. The van der Waals surface area contributed by atoms with E-state index in [2.05, 4.69) is 47.8 Å². The molecular formula is C17H30N4O. The van der Waals surface area contributed by atoms with E-state index < -0.39 is 0 Å². The quantitative estimate of drug-likeness (QED) is 0.869. The lowest BCUT2D eigenvalue weighted by Gasteiger charge is -2.38. The van der Waals surface area contributed by atoms with Crippen LogP contribution in [0.1, 0.15) is 32.3 Å². The molecule has 0 spiro atoms. The van der Waals surface area contributed by atoms with Crippen LogP contribution in [0.5, 0.6) is 0 Å². The molecule has 2 rings (SSSR count). The summed E-state index contributed by atoms with van der Waals surface area (Å²) in [5.74, 6) is 1.02. The first-order valence-corrected chi connectivity index (χ1v) is 8.19. The van der Waals surface area contributed by atoms with Gasteiger partial charge >= 0.3 is 0 Å². The summed E-state index contributed by atoms with van der Waals surface area (Å²) in [7, 11) is 3.87. The van der Waals surface area contributed by atoms with Gasteiger partial charge in [0.2, 0.25) is 0 Å². The van der Waals surface area contributed by atoms with E-state index in [9.17, 15) is 0 Å². The number of hydrogen-bond acceptors (Lipinski definition) is 5. The van der Waals surface area contributed by atoms with E-state index in [1.807, 2.05) is 6.20 Å². The van der Waals surface area contributed by atoms with E-state index in [0.717, 1.165) is 31.7 Å². The number of nitrogens with two attached hydrogens (primary N) is 1. The predicted molar refractivity (Wildman–Crippen MR) is 91.1 cm³/mol. The Labute approximate surface area is 134 Å². The van der Waals surface area contributed by atoms with Gasteiger partial charge in [-0.3, -0.25) is 4.90 Å². The average molecular weight is 306 g/mol. The van der Waals surface area contributed by atoms with Gasteiger partial charge < -0.3 is 15.4 Å². The average Bonchev–Trinajstić information content (AvgIpc) is 2.55. The maximum atomic E-state index is 5.94. The smallest absolute Gasteiger partial charge is 0.128 e. The fraction of sp³-hybridized carbons (Fsp3) is 0.706. The summed E-state index contributed by atoms with van der Waals surface area (Å²) in [6.45, 7) is 6.97. The third-order valence-electron chi connectivity index (χ3n) is 4.73. The lowest BCUT2D eigenvalue weighted by Crippen LogP contribution is -2.47. The van der Waals surface area contributed by atoms with Gasteiger partial charge in [0.1, 0.15) is 5.82 Å². The zero-order chi connectivity index (χ0) is 16.1. The molecule has 1 aliphatic heterocycles. The summed E-state index contributed by atoms with van der Waals surface area (Å²) in [5.41, 5.74) is 7.19. The Morgan fingerprint density at radius 2 is 2.23 bits per heavy atom. The second-order valence-electron chi connectivity index (χ2n) is 6.47. The zero-order valence-electron chi connectivity index (χ0n) is 14.3. The van der Waals surface area contributed by atoms with Crippen molar-refractivity contribution >= 4 is 5.82 Å². The molecule has 0 amide bonds. The van der Waals surface area contributed by atoms with E-state index >= 15 is 0 Å². The maximum absolute atomic E-state index is 5.94. The first-order valence-electron chi connectivity index (χ1n) is 8.19. The Morgan fingerprint density at radius 1 is 1.45 bits per heavy atom. The highest BCUT2D eigenvalue weighted by Crippen LogP contribution is 2.22. The molecule has 0 aromatic carbocycles. The number of pyridine rings is 1. The summed E-state index contributed by atoms with van der Waals surface area (Å²) < 4.78 is 5.49. The summed E-state index contributed by atoms with van der Waals surface area (Å²) in [6.07, 6.45) is 4.44. The van der Waals surface area contributed by atoms with Gasteiger partial charge in [-0.1, -0.05) is 6.07 Å². The lowest BCUT2D eigenvalue weighted by atomic mass is 9.98. The molecule has 124 valence electrons. The predicted octanol–water partition coefficient (Wildman–Crippen LogP) is 1.86. The molecule has 1 aliphatic rings. The standard InChI is InChI=1S/C17H30N4O/c1-13(2)20(3)17-6-5-14(11-19-17)12-21-8-7-16(22-4)9-15(21)10-18/h5-6,11,13,15-16H,7-10,12,18H2,1-4H3. The van der Waals surface area contributed by atoms with Gasteiger partial charge in [0.05, 0.1) is 6.10 Å². The second kappa shape index (κ2) is 7.90. The van der Waals surface area contributed by atoms with Gasteiger partial charge in [0, 0.05) is 52.1 Å². The molecule has 0 bridgehead atoms. The van der Waals surface area contributed by atoms with E-state index in [4.69, 9.17) is 10.5 Å². The maximum Gasteiger partial charge on any atom is 0.128 e. The second-order valence-corrected chi connectivity index (χ2v) is 6.47. The Balaban J connectivity index is 1.98. The van der Waals surface area contributed by atoms with Crippen molar-refractivity contribution in [2.75, 3.05) is 32.1 Å². The van der Waals surface area contributed by atoms with Crippen molar-refractivity contribution in [2.24, 2.45) is 5.73 Å². The Morgan fingerprint density at radius 3 is 2.77 bits per heavy atom. The Bertz CT molecular complexity index is 448. The first-order chi connectivity index (χ1) is 10.5. The molecule has 2 atom stereocenters. The number of anilines is 1. The van der Waals surface area contributed by atoms with Crippen LogP contribution in [0.3, 0.4) is 0 Å². The number of aromatic nitrogens is 1. The minimum absolute atomic E-state index is 0.352. The summed E-state index contributed by atoms with van der Waals surface area (Å²) >= 11 is 0. The van der Waals surface area contributed by atoms with E-state index in [-0.39, 0.29) is 0 Å². The minimum Gasteiger partial charge on any atom is -0.381 e. The van der Waals surface area contributed by atoms with Crippen LogP contribution in [-0.4, -0.2) is 55.3 Å². The van der Waals surface area contributed by atoms with Crippen LogP contribution < -0.4 is 10.6 Å². The van der Waals surface area contributed by atoms with Crippen LogP contribution in [0.25, 0.3) is 0 Å². The molecule has 2 unspecified atom stereocenters. The van der Waals surface area contributed by atoms with Crippen molar-refractivity contribution in [1.82, 2.24) is 9.88 Å². The number of likely N-dealkylation sites (tertiary alicyclic amines) is 1. The van der Waals surface area contributed by atoms with Gasteiger partial charge in [-0.15, -0.1) is 0 Å². The lowest BCUT2D eigenvalue weighted by molar-refractivity contribution is 0.0102. The highest BCUT2D eigenvalue weighted by atomic mass is 16.5. The summed E-state index contributed by atoms with van der Waals surface area (Å²) in [5, 5.41) is 0. The van der Waals surface area contributed by atoms with E-state index in [1.165, 1.54) is 5.56 Å². The largest absolute Gasteiger partial charge is 0.381 e. The van der Waals surface area contributed by atoms with Crippen LogP contribution in [-0.2, 0) is 11.3 Å². The van der Waals surface area contributed by atoms with Crippen molar-refractivity contribution in [3.05, 3.63) is 23.9 Å². The van der Waals surface area contributed by atoms with Crippen LogP contribution >= 0.6 is 0 Å². The molecular weight excluding hydrogens is 276 g/mol. The minimum atomic E-state index is 0.352. The monoisotopic (exact) mass is 306 g/mol. The number of piperidine rings is 1. The van der Waals surface area contributed by atoms with Gasteiger partial charge in [-0.2, -0.15) is 0 Å². The molecule has 1 saturated heterocycles. The number of hydrogen-bond donors (Lipinski definition) is 1. The normalized spacial score (nSPS) is 23.0. The molecule has 0 radical (unpaired) electrons. The fourth-order valence-electron chi connectivity index (χ4n) is 2.95. The number of ether oxygens (including phenoxy) is 1. The Kier molecular flexibility index (Phi) is 6.17. The van der Waals surface area contributed by atoms with Gasteiger partial charge in [0.25, 0.3) is 0 Å². The van der Waals surface area contributed by atoms with Gasteiger partial charge in [0.15, 0.2) is 0 Å². The Hall–Kier alpha value is -1.17. The number of nitrogens with zero attached hydrogens (tertiary/aromatic N) is 3. The molecule has 2 heterocycles. The van der Waals surface area contributed by atoms with Crippen molar-refractivity contribution in [3.63, 3.8) is 0 Å². The van der Waals surface area contributed by atoms with Crippen molar-refractivity contribution < 1.29 is 4.74 Å². The highest BCUT2D eigenvalue weighted by molar-refractivity contribution is 5.39. The molecule has 5 nitrogen and oxygen atoms in total. The zero-order valence-corrected chi connectivity index (χ0v) is 14.3. The SMILES string of the molecule is COC1CCN(Cc2ccc(N(C)C(C)C)nc2)C(CN)C1. The van der Waals surface area contributed by atoms with Crippen LogP contribution in [0, 0.1) is 0 Å². The highest BCUT2D eigenvalue weighted by Gasteiger charge is 2.27. The molecule has 5 heteroatoms. The van der Waals surface area contributed by atoms with Crippen LogP contribution in [0.4, 0.5) is 5.82 Å². The van der Waals surface area contributed by atoms with Crippen molar-refractivity contribution in [1.29, 1.82) is 0 Å². The van der Waals surface area contributed by atoms with Crippen LogP contribution in [0.2, 0.25) is 0 Å². The molecule has 22 heavy (non-hydrogen) atoms. The van der Waals surface area contributed by atoms with Crippen molar-refractivity contribution in [2.45, 2.75) is 51.4 Å². The summed E-state index contributed by atoms with van der Waals surface area (Å²) in [6, 6.07) is 5.14. The molecule has 0 aliphatic carbocycles. The van der Waals surface area contributed by atoms with Gasteiger partial charge in [-0.05, 0) is 38.3 Å². The third-order valence-corrected chi connectivity index (χ3v) is 4.73. The molecule has 1 aromatic rings. The molecule has 0 saturated carbocycles. The fourth-order valence-corrected chi connectivity index (χ4v) is 2.95. The third kappa shape index (κ3) is 4.18.